The highest BCUT2D eigenvalue weighted by atomic mass is 16.4. The van der Waals surface area contributed by atoms with Crippen LogP contribution in [-0.4, -0.2) is 40.0 Å². The number of carbonyl (C=O) groups is 2. The standard InChI is InChI=1S/C17H22N2O3/c1-2-10-19(12-13-6-4-3-5-7-13)16(20)14-8-9-15(17(21)22)18-11-14/h2,8-9,11,13H,1,3-7,10,12H2,(H,21,22). The van der Waals surface area contributed by atoms with Gasteiger partial charge in [-0.2, -0.15) is 0 Å². The average Bonchev–Trinajstić information content (AvgIpc) is 2.55. The second-order valence-electron chi connectivity index (χ2n) is 5.74. The summed E-state index contributed by atoms with van der Waals surface area (Å²) in [6.07, 6.45) is 9.13. The van der Waals surface area contributed by atoms with Crippen LogP contribution in [0.5, 0.6) is 0 Å². The summed E-state index contributed by atoms with van der Waals surface area (Å²) < 4.78 is 0. The molecule has 1 aromatic heterocycles. The van der Waals surface area contributed by atoms with Crippen molar-refractivity contribution in [3.63, 3.8) is 0 Å². The summed E-state index contributed by atoms with van der Waals surface area (Å²) in [6, 6.07) is 2.89. The Hall–Kier alpha value is -2.17. The molecule has 1 heterocycles. The highest BCUT2D eigenvalue weighted by Gasteiger charge is 2.21. The van der Waals surface area contributed by atoms with Crippen molar-refractivity contribution in [1.29, 1.82) is 0 Å². The minimum Gasteiger partial charge on any atom is -0.477 e. The lowest BCUT2D eigenvalue weighted by Crippen LogP contribution is -2.36. The Balaban J connectivity index is 2.07. The topological polar surface area (TPSA) is 70.5 Å². The maximum Gasteiger partial charge on any atom is 0.354 e. The van der Waals surface area contributed by atoms with Crippen LogP contribution >= 0.6 is 0 Å². The normalized spacial score (nSPS) is 15.3. The molecule has 1 aromatic rings. The number of aromatic nitrogens is 1. The number of rotatable bonds is 6. The molecule has 1 fully saturated rings. The number of nitrogens with zero attached hydrogens (tertiary/aromatic N) is 2. The van der Waals surface area contributed by atoms with Crippen molar-refractivity contribution in [3.8, 4) is 0 Å². The SMILES string of the molecule is C=CCN(CC1CCCCC1)C(=O)c1ccc(C(=O)O)nc1. The van der Waals surface area contributed by atoms with Crippen molar-refractivity contribution >= 4 is 11.9 Å². The van der Waals surface area contributed by atoms with Crippen LogP contribution in [0.3, 0.4) is 0 Å². The Kier molecular flexibility index (Phi) is 5.69. The van der Waals surface area contributed by atoms with Gasteiger partial charge in [0.1, 0.15) is 5.69 Å². The van der Waals surface area contributed by atoms with E-state index in [0.29, 0.717) is 18.0 Å². The van der Waals surface area contributed by atoms with Crippen molar-refractivity contribution in [2.45, 2.75) is 32.1 Å². The molecule has 0 spiro atoms. The third-order valence-electron chi connectivity index (χ3n) is 4.07. The molecule has 0 saturated heterocycles. The number of carboxylic acids is 1. The van der Waals surface area contributed by atoms with E-state index in [-0.39, 0.29) is 11.6 Å². The van der Waals surface area contributed by atoms with E-state index < -0.39 is 5.97 Å². The van der Waals surface area contributed by atoms with Crippen LogP contribution in [0.25, 0.3) is 0 Å². The first-order chi connectivity index (χ1) is 10.6. The van der Waals surface area contributed by atoms with Crippen molar-refractivity contribution in [2.75, 3.05) is 13.1 Å². The number of carboxylic acid groups (broad SMARTS) is 1. The van der Waals surface area contributed by atoms with Gasteiger partial charge in [-0.15, -0.1) is 6.58 Å². The molecule has 0 radical (unpaired) electrons. The highest BCUT2D eigenvalue weighted by molar-refractivity contribution is 5.95. The van der Waals surface area contributed by atoms with Crippen molar-refractivity contribution in [2.24, 2.45) is 5.92 Å². The molecule has 22 heavy (non-hydrogen) atoms. The van der Waals surface area contributed by atoms with Crippen molar-refractivity contribution < 1.29 is 14.7 Å². The summed E-state index contributed by atoms with van der Waals surface area (Å²) >= 11 is 0. The summed E-state index contributed by atoms with van der Waals surface area (Å²) in [5, 5.41) is 8.85. The molecule has 118 valence electrons. The minimum absolute atomic E-state index is 0.0564. The smallest absolute Gasteiger partial charge is 0.354 e. The fraction of sp³-hybridized carbons (Fsp3) is 0.471. The van der Waals surface area contributed by atoms with Crippen LogP contribution in [0.1, 0.15) is 53.0 Å². The number of hydrogen-bond donors (Lipinski definition) is 1. The van der Waals surface area contributed by atoms with Crippen LogP contribution in [0, 0.1) is 5.92 Å². The van der Waals surface area contributed by atoms with Gasteiger partial charge in [0.05, 0.1) is 5.56 Å². The maximum absolute atomic E-state index is 12.6. The van der Waals surface area contributed by atoms with E-state index in [2.05, 4.69) is 11.6 Å². The summed E-state index contributed by atoms with van der Waals surface area (Å²) in [7, 11) is 0. The molecule has 1 saturated carbocycles. The summed E-state index contributed by atoms with van der Waals surface area (Å²) in [5.74, 6) is -0.664. The molecule has 2 rings (SSSR count). The van der Waals surface area contributed by atoms with Crippen LogP contribution in [-0.2, 0) is 0 Å². The fourth-order valence-corrected chi connectivity index (χ4v) is 2.91. The predicted octanol–water partition coefficient (Wildman–Crippen LogP) is 2.99. The second-order valence-corrected chi connectivity index (χ2v) is 5.74. The molecule has 5 heteroatoms. The molecule has 0 unspecified atom stereocenters. The molecule has 1 aliphatic rings. The molecule has 0 aliphatic heterocycles. The van der Waals surface area contributed by atoms with Gasteiger partial charge in [0, 0.05) is 19.3 Å². The third kappa shape index (κ3) is 4.16. The van der Waals surface area contributed by atoms with Gasteiger partial charge in [0.2, 0.25) is 0 Å². The van der Waals surface area contributed by atoms with Gasteiger partial charge in [0.25, 0.3) is 5.91 Å². The van der Waals surface area contributed by atoms with Gasteiger partial charge in [0.15, 0.2) is 0 Å². The molecule has 1 aliphatic carbocycles. The number of hydrogen-bond acceptors (Lipinski definition) is 3. The average molecular weight is 302 g/mol. The zero-order chi connectivity index (χ0) is 15.9. The number of pyridine rings is 1. The van der Waals surface area contributed by atoms with E-state index in [0.717, 1.165) is 19.4 Å². The van der Waals surface area contributed by atoms with E-state index in [1.165, 1.54) is 37.6 Å². The molecule has 5 nitrogen and oxygen atoms in total. The summed E-state index contributed by atoms with van der Waals surface area (Å²) in [4.78, 5) is 29.0. The first kappa shape index (κ1) is 16.2. The van der Waals surface area contributed by atoms with Crippen molar-refractivity contribution in [3.05, 3.63) is 42.2 Å². The Morgan fingerprint density at radius 2 is 2.05 bits per heavy atom. The van der Waals surface area contributed by atoms with Crippen LogP contribution in [0.4, 0.5) is 0 Å². The van der Waals surface area contributed by atoms with E-state index in [4.69, 9.17) is 5.11 Å². The first-order valence-corrected chi connectivity index (χ1v) is 7.71. The summed E-state index contributed by atoms with van der Waals surface area (Å²) in [5.41, 5.74) is 0.363. The van der Waals surface area contributed by atoms with Gasteiger partial charge in [-0.25, -0.2) is 9.78 Å². The molecule has 0 aromatic carbocycles. The third-order valence-corrected chi connectivity index (χ3v) is 4.07. The van der Waals surface area contributed by atoms with Gasteiger partial charge in [-0.3, -0.25) is 4.79 Å². The largest absolute Gasteiger partial charge is 0.477 e. The first-order valence-electron chi connectivity index (χ1n) is 7.71. The van der Waals surface area contributed by atoms with E-state index in [1.54, 1.807) is 11.0 Å². The lowest BCUT2D eigenvalue weighted by molar-refractivity contribution is 0.0686. The Morgan fingerprint density at radius 3 is 2.59 bits per heavy atom. The lowest BCUT2D eigenvalue weighted by Gasteiger charge is -2.29. The Bertz CT molecular complexity index is 533. The van der Waals surface area contributed by atoms with Gasteiger partial charge >= 0.3 is 5.97 Å². The van der Waals surface area contributed by atoms with E-state index in [9.17, 15) is 9.59 Å². The number of amides is 1. The van der Waals surface area contributed by atoms with Gasteiger partial charge in [-0.05, 0) is 30.9 Å². The predicted molar refractivity (Wildman–Crippen MR) is 83.9 cm³/mol. The van der Waals surface area contributed by atoms with Crippen LogP contribution in [0.2, 0.25) is 0 Å². The zero-order valence-electron chi connectivity index (χ0n) is 12.7. The van der Waals surface area contributed by atoms with Gasteiger partial charge in [-0.1, -0.05) is 25.3 Å². The minimum atomic E-state index is -1.09. The van der Waals surface area contributed by atoms with Crippen LogP contribution in [0.15, 0.2) is 31.0 Å². The fourth-order valence-electron chi connectivity index (χ4n) is 2.91. The maximum atomic E-state index is 12.6. The summed E-state index contributed by atoms with van der Waals surface area (Å²) in [6.45, 7) is 4.94. The van der Waals surface area contributed by atoms with Gasteiger partial charge < -0.3 is 10.0 Å². The quantitative estimate of drug-likeness (QED) is 0.820. The molecule has 0 bridgehead atoms. The molecular formula is C17H22N2O3. The molecule has 0 atom stereocenters. The van der Waals surface area contributed by atoms with E-state index in [1.807, 2.05) is 0 Å². The zero-order valence-corrected chi connectivity index (χ0v) is 12.7. The number of aromatic carboxylic acids is 1. The monoisotopic (exact) mass is 302 g/mol. The molecule has 1 amide bonds. The van der Waals surface area contributed by atoms with E-state index >= 15 is 0 Å². The van der Waals surface area contributed by atoms with Crippen LogP contribution < -0.4 is 0 Å². The lowest BCUT2D eigenvalue weighted by atomic mass is 9.89. The van der Waals surface area contributed by atoms with Crippen molar-refractivity contribution in [1.82, 2.24) is 9.88 Å². The Labute approximate surface area is 130 Å². The second kappa shape index (κ2) is 7.73. The number of carbonyl (C=O) groups excluding carboxylic acids is 1. The molecule has 1 N–H and O–H groups in total. The highest BCUT2D eigenvalue weighted by Crippen LogP contribution is 2.25. The Morgan fingerprint density at radius 1 is 1.32 bits per heavy atom. The molecular weight excluding hydrogens is 280 g/mol.